The maximum absolute atomic E-state index is 5.80. The van der Waals surface area contributed by atoms with Gasteiger partial charge in [-0.25, -0.2) is 0 Å². The van der Waals surface area contributed by atoms with Crippen LogP contribution in [0.4, 0.5) is 0 Å². The second-order valence-corrected chi connectivity index (χ2v) is 4.56. The van der Waals surface area contributed by atoms with Crippen molar-refractivity contribution in [1.82, 2.24) is 0 Å². The van der Waals surface area contributed by atoms with E-state index in [-0.39, 0.29) is 0 Å². The Morgan fingerprint density at radius 2 is 2.00 bits per heavy atom. The smallest absolute Gasteiger partial charge is 0.122 e. The molecule has 0 N–H and O–H groups in total. The van der Waals surface area contributed by atoms with Crippen molar-refractivity contribution in [3.8, 4) is 5.75 Å². The summed E-state index contributed by atoms with van der Waals surface area (Å²) in [7, 11) is 0. The van der Waals surface area contributed by atoms with Crippen molar-refractivity contribution in [2.75, 3.05) is 12.5 Å². The Kier molecular flexibility index (Phi) is 6.32. The molecule has 0 bridgehead atoms. The highest BCUT2D eigenvalue weighted by molar-refractivity contribution is 6.17. The Hall–Kier alpha value is -0.690. The van der Waals surface area contributed by atoms with E-state index in [1.165, 1.54) is 5.56 Å². The van der Waals surface area contributed by atoms with Crippen LogP contribution in [0.1, 0.15) is 32.3 Å². The Bertz CT molecular complexity index is 299. The molecule has 2 heteroatoms. The van der Waals surface area contributed by atoms with Gasteiger partial charge >= 0.3 is 0 Å². The first-order valence-corrected chi connectivity index (χ1v) is 6.58. The molecule has 0 aliphatic heterocycles. The standard InChI is InChI=1S/C14H21ClO/c1-3-13-6-4-5-7-14(13)16-11-9-12(2)8-10-15/h4-7,12H,3,8-11H2,1-2H3. The van der Waals surface area contributed by atoms with Crippen molar-refractivity contribution < 1.29 is 4.74 Å². The van der Waals surface area contributed by atoms with Gasteiger partial charge in [0, 0.05) is 5.88 Å². The van der Waals surface area contributed by atoms with Crippen molar-refractivity contribution in [3.05, 3.63) is 29.8 Å². The van der Waals surface area contributed by atoms with E-state index in [1.54, 1.807) is 0 Å². The number of para-hydroxylation sites is 1. The maximum atomic E-state index is 5.80. The molecule has 0 saturated heterocycles. The average Bonchev–Trinajstić information content (AvgIpc) is 2.30. The lowest BCUT2D eigenvalue weighted by atomic mass is 10.1. The first-order chi connectivity index (χ1) is 7.77. The van der Waals surface area contributed by atoms with Gasteiger partial charge in [0.15, 0.2) is 0 Å². The molecule has 1 atom stereocenters. The molecule has 0 spiro atoms. The summed E-state index contributed by atoms with van der Waals surface area (Å²) in [5.74, 6) is 2.42. The van der Waals surface area contributed by atoms with Crippen LogP contribution in [0.3, 0.4) is 0 Å². The summed E-state index contributed by atoms with van der Waals surface area (Å²) >= 11 is 5.70. The zero-order valence-corrected chi connectivity index (χ0v) is 11.0. The summed E-state index contributed by atoms with van der Waals surface area (Å²) in [6.07, 6.45) is 3.17. The van der Waals surface area contributed by atoms with E-state index in [2.05, 4.69) is 26.0 Å². The molecule has 0 aliphatic rings. The first-order valence-electron chi connectivity index (χ1n) is 6.04. The highest BCUT2D eigenvalue weighted by atomic mass is 35.5. The van der Waals surface area contributed by atoms with Crippen LogP contribution in [0.5, 0.6) is 5.75 Å². The van der Waals surface area contributed by atoms with Crippen molar-refractivity contribution in [3.63, 3.8) is 0 Å². The molecule has 0 fully saturated rings. The van der Waals surface area contributed by atoms with Crippen LogP contribution >= 0.6 is 11.6 Å². The largest absolute Gasteiger partial charge is 0.493 e. The third-order valence-corrected chi connectivity index (χ3v) is 3.04. The van der Waals surface area contributed by atoms with Crippen molar-refractivity contribution in [1.29, 1.82) is 0 Å². The molecule has 16 heavy (non-hydrogen) atoms. The first kappa shape index (κ1) is 13.4. The summed E-state index contributed by atoms with van der Waals surface area (Å²) in [6, 6.07) is 8.25. The number of hydrogen-bond donors (Lipinski definition) is 0. The molecule has 0 heterocycles. The minimum Gasteiger partial charge on any atom is -0.493 e. The fraction of sp³-hybridized carbons (Fsp3) is 0.571. The van der Waals surface area contributed by atoms with Gasteiger partial charge in [-0.2, -0.15) is 0 Å². The third kappa shape index (κ3) is 4.44. The van der Waals surface area contributed by atoms with E-state index in [1.807, 2.05) is 12.1 Å². The number of halogens is 1. The van der Waals surface area contributed by atoms with E-state index in [0.29, 0.717) is 5.92 Å². The average molecular weight is 241 g/mol. The van der Waals surface area contributed by atoms with Crippen LogP contribution in [0.15, 0.2) is 24.3 Å². The van der Waals surface area contributed by atoms with E-state index < -0.39 is 0 Å². The fourth-order valence-corrected chi connectivity index (χ4v) is 2.01. The lowest BCUT2D eigenvalue weighted by molar-refractivity contribution is 0.280. The number of hydrogen-bond acceptors (Lipinski definition) is 1. The Morgan fingerprint density at radius 1 is 1.25 bits per heavy atom. The quantitative estimate of drug-likeness (QED) is 0.647. The number of aryl methyl sites for hydroxylation is 1. The summed E-state index contributed by atoms with van der Waals surface area (Å²) < 4.78 is 5.80. The predicted molar refractivity (Wildman–Crippen MR) is 70.4 cm³/mol. The Labute approximate surface area is 104 Å². The number of ether oxygens (including phenoxy) is 1. The maximum Gasteiger partial charge on any atom is 0.122 e. The van der Waals surface area contributed by atoms with Crippen LogP contribution in [0, 0.1) is 5.92 Å². The summed E-state index contributed by atoms with van der Waals surface area (Å²) in [5.41, 5.74) is 1.28. The summed E-state index contributed by atoms with van der Waals surface area (Å²) in [4.78, 5) is 0. The second-order valence-electron chi connectivity index (χ2n) is 4.18. The van der Waals surface area contributed by atoms with Crippen molar-refractivity contribution in [2.45, 2.75) is 33.1 Å². The molecule has 1 aromatic carbocycles. The summed E-state index contributed by atoms with van der Waals surface area (Å²) in [6.45, 7) is 5.16. The highest BCUT2D eigenvalue weighted by Crippen LogP contribution is 2.19. The molecule has 0 amide bonds. The summed E-state index contributed by atoms with van der Waals surface area (Å²) in [5, 5.41) is 0. The molecule has 0 aromatic heterocycles. The van der Waals surface area contributed by atoms with Gasteiger partial charge in [0.05, 0.1) is 6.61 Å². The zero-order valence-electron chi connectivity index (χ0n) is 10.2. The van der Waals surface area contributed by atoms with Crippen LogP contribution in [-0.2, 0) is 6.42 Å². The van der Waals surface area contributed by atoms with Gasteiger partial charge in [-0.15, -0.1) is 11.6 Å². The Morgan fingerprint density at radius 3 is 2.69 bits per heavy atom. The SMILES string of the molecule is CCc1ccccc1OCCC(C)CCCl. The van der Waals surface area contributed by atoms with E-state index in [4.69, 9.17) is 16.3 Å². The van der Waals surface area contributed by atoms with Crippen molar-refractivity contribution in [2.24, 2.45) is 5.92 Å². The van der Waals surface area contributed by atoms with Gasteiger partial charge in [0.2, 0.25) is 0 Å². The molecular weight excluding hydrogens is 220 g/mol. The molecule has 1 nitrogen and oxygen atoms in total. The lowest BCUT2D eigenvalue weighted by Gasteiger charge is -2.13. The molecule has 90 valence electrons. The van der Waals surface area contributed by atoms with E-state index in [0.717, 1.165) is 37.5 Å². The normalized spacial score (nSPS) is 12.4. The zero-order chi connectivity index (χ0) is 11.8. The topological polar surface area (TPSA) is 9.23 Å². The Balaban J connectivity index is 2.36. The third-order valence-electron chi connectivity index (χ3n) is 2.82. The fourth-order valence-electron chi connectivity index (χ4n) is 1.64. The van der Waals surface area contributed by atoms with Crippen molar-refractivity contribution >= 4 is 11.6 Å². The molecule has 0 aliphatic carbocycles. The van der Waals surface area contributed by atoms with Gasteiger partial charge in [-0.05, 0) is 36.8 Å². The molecule has 0 radical (unpaired) electrons. The monoisotopic (exact) mass is 240 g/mol. The van der Waals surface area contributed by atoms with Gasteiger partial charge < -0.3 is 4.74 Å². The molecule has 1 aromatic rings. The van der Waals surface area contributed by atoms with Crippen LogP contribution < -0.4 is 4.74 Å². The predicted octanol–water partition coefficient (Wildman–Crippen LogP) is 4.28. The lowest BCUT2D eigenvalue weighted by Crippen LogP contribution is -2.05. The molecule has 0 saturated carbocycles. The van der Waals surface area contributed by atoms with Gasteiger partial charge in [-0.1, -0.05) is 32.0 Å². The minimum atomic E-state index is 0.645. The molecular formula is C14H21ClO. The number of rotatable bonds is 7. The number of benzene rings is 1. The van der Waals surface area contributed by atoms with E-state index >= 15 is 0 Å². The van der Waals surface area contributed by atoms with Crippen LogP contribution in [0.25, 0.3) is 0 Å². The van der Waals surface area contributed by atoms with Crippen LogP contribution in [-0.4, -0.2) is 12.5 Å². The second kappa shape index (κ2) is 7.56. The minimum absolute atomic E-state index is 0.645. The molecule has 1 rings (SSSR count). The van der Waals surface area contributed by atoms with Gasteiger partial charge in [0.1, 0.15) is 5.75 Å². The number of alkyl halides is 1. The molecule has 1 unspecified atom stereocenters. The van der Waals surface area contributed by atoms with Gasteiger partial charge in [0.25, 0.3) is 0 Å². The highest BCUT2D eigenvalue weighted by Gasteiger charge is 2.03. The van der Waals surface area contributed by atoms with Gasteiger partial charge in [-0.3, -0.25) is 0 Å². The van der Waals surface area contributed by atoms with E-state index in [9.17, 15) is 0 Å². The van der Waals surface area contributed by atoms with Crippen LogP contribution in [0.2, 0.25) is 0 Å².